The van der Waals surface area contributed by atoms with Crippen LogP contribution < -0.4 is 0 Å². The molecule has 0 bridgehead atoms. The Kier molecular flexibility index (Phi) is 3.33. The third-order valence-electron chi connectivity index (χ3n) is 3.78. The summed E-state index contributed by atoms with van der Waals surface area (Å²) < 4.78 is 45.5. The maximum absolute atomic E-state index is 13.5. The normalized spacial score (nSPS) is 24.1. The van der Waals surface area contributed by atoms with E-state index in [9.17, 15) is 18.0 Å². The lowest BCUT2D eigenvalue weighted by molar-refractivity contribution is -0.187. The highest BCUT2D eigenvalue weighted by Gasteiger charge is 2.76. The molecule has 114 valence electrons. The van der Waals surface area contributed by atoms with E-state index < -0.39 is 23.7 Å². The van der Waals surface area contributed by atoms with Crippen molar-refractivity contribution in [1.82, 2.24) is 0 Å². The highest BCUT2D eigenvalue weighted by molar-refractivity contribution is 6.02. The summed E-state index contributed by atoms with van der Waals surface area (Å²) in [4.78, 5) is 12.4. The van der Waals surface area contributed by atoms with Crippen LogP contribution in [0.4, 0.5) is 13.2 Å². The van der Waals surface area contributed by atoms with Crippen LogP contribution in [0.5, 0.6) is 0 Å². The third kappa shape index (κ3) is 2.22. The van der Waals surface area contributed by atoms with E-state index in [1.54, 1.807) is 31.2 Å². The Labute approximate surface area is 125 Å². The van der Waals surface area contributed by atoms with Crippen LogP contribution in [0, 0.1) is 6.92 Å². The Morgan fingerprint density at radius 3 is 2.36 bits per heavy atom. The average molecular weight is 306 g/mol. The lowest BCUT2D eigenvalue weighted by Gasteiger charge is -2.17. The van der Waals surface area contributed by atoms with Gasteiger partial charge in [-0.15, -0.1) is 0 Å². The van der Waals surface area contributed by atoms with Crippen LogP contribution in [-0.4, -0.2) is 18.1 Å². The largest absolute Gasteiger partial charge is 0.424 e. The molecule has 1 fully saturated rings. The number of benzene rings is 2. The Bertz CT molecular complexity index is 709. The molecule has 2 aromatic carbocycles. The Balaban J connectivity index is 1.98. The molecule has 0 spiro atoms. The summed E-state index contributed by atoms with van der Waals surface area (Å²) in [5.74, 6) is -0.648. The molecule has 0 aliphatic carbocycles. The van der Waals surface area contributed by atoms with Crippen molar-refractivity contribution in [2.75, 3.05) is 0 Å². The fourth-order valence-electron chi connectivity index (χ4n) is 2.62. The van der Waals surface area contributed by atoms with Crippen LogP contribution in [0.2, 0.25) is 0 Å². The average Bonchev–Trinajstić information content (AvgIpc) is 3.24. The minimum atomic E-state index is -4.65. The van der Waals surface area contributed by atoms with E-state index in [0.717, 1.165) is 5.56 Å². The van der Waals surface area contributed by atoms with Gasteiger partial charge < -0.3 is 4.74 Å². The Morgan fingerprint density at radius 2 is 1.77 bits per heavy atom. The third-order valence-corrected chi connectivity index (χ3v) is 3.78. The van der Waals surface area contributed by atoms with Gasteiger partial charge in [0.05, 0.1) is 0 Å². The van der Waals surface area contributed by atoms with Gasteiger partial charge in [-0.3, -0.25) is 4.79 Å². The maximum atomic E-state index is 13.5. The molecule has 2 nitrogen and oxygen atoms in total. The molecule has 1 aliphatic heterocycles. The van der Waals surface area contributed by atoms with Crippen molar-refractivity contribution in [3.05, 3.63) is 71.3 Å². The van der Waals surface area contributed by atoms with Crippen LogP contribution in [0.25, 0.3) is 0 Å². The van der Waals surface area contributed by atoms with E-state index in [2.05, 4.69) is 0 Å². The summed E-state index contributed by atoms with van der Waals surface area (Å²) in [6, 6.07) is 13.8. The van der Waals surface area contributed by atoms with Gasteiger partial charge in [-0.05, 0) is 18.6 Å². The number of halogens is 3. The Morgan fingerprint density at radius 1 is 1.09 bits per heavy atom. The lowest BCUT2D eigenvalue weighted by Crippen LogP contribution is -2.35. The minimum absolute atomic E-state index is 0.0477. The van der Waals surface area contributed by atoms with E-state index in [1.165, 1.54) is 30.3 Å². The molecule has 22 heavy (non-hydrogen) atoms. The second-order valence-electron chi connectivity index (χ2n) is 5.33. The van der Waals surface area contributed by atoms with Crippen molar-refractivity contribution < 1.29 is 22.7 Å². The van der Waals surface area contributed by atoms with Crippen molar-refractivity contribution >= 4 is 5.78 Å². The van der Waals surface area contributed by atoms with Gasteiger partial charge in [0.1, 0.15) is 0 Å². The molecule has 0 radical (unpaired) electrons. The van der Waals surface area contributed by atoms with Crippen LogP contribution in [-0.2, 0) is 10.3 Å². The van der Waals surface area contributed by atoms with Gasteiger partial charge in [-0.2, -0.15) is 13.2 Å². The molecule has 1 aliphatic rings. The van der Waals surface area contributed by atoms with Gasteiger partial charge in [0.25, 0.3) is 0 Å². The number of ketones is 1. The smallest absolute Gasteiger partial charge is 0.343 e. The number of hydrogen-bond acceptors (Lipinski definition) is 2. The number of epoxide rings is 1. The molecule has 2 atom stereocenters. The number of rotatable bonds is 3. The predicted octanol–water partition coefficient (Wildman–Crippen LogP) is 4.03. The number of ether oxygens (including phenoxy) is 1. The lowest BCUT2D eigenvalue weighted by atomic mass is 9.90. The summed E-state index contributed by atoms with van der Waals surface area (Å²) in [5, 5.41) is 0. The SMILES string of the molecule is Cc1cccc(C(=O)C2OC2(c2ccccc2)C(F)(F)F)c1. The summed E-state index contributed by atoms with van der Waals surface area (Å²) in [6.07, 6.45) is -6.19. The zero-order valence-corrected chi connectivity index (χ0v) is 11.7. The van der Waals surface area contributed by atoms with Crippen molar-refractivity contribution in [3.63, 3.8) is 0 Å². The molecule has 0 aromatic heterocycles. The monoisotopic (exact) mass is 306 g/mol. The first kappa shape index (κ1) is 14.8. The second-order valence-corrected chi connectivity index (χ2v) is 5.33. The van der Waals surface area contributed by atoms with Gasteiger partial charge in [0.15, 0.2) is 11.9 Å². The summed E-state index contributed by atoms with van der Waals surface area (Å²) in [7, 11) is 0. The predicted molar refractivity (Wildman–Crippen MR) is 74.6 cm³/mol. The zero-order valence-electron chi connectivity index (χ0n) is 11.7. The number of hydrogen-bond donors (Lipinski definition) is 0. The van der Waals surface area contributed by atoms with E-state index >= 15 is 0 Å². The molecule has 0 saturated carbocycles. The second kappa shape index (κ2) is 4.95. The van der Waals surface area contributed by atoms with Crippen LogP contribution >= 0.6 is 0 Å². The van der Waals surface area contributed by atoms with E-state index in [4.69, 9.17) is 4.74 Å². The topological polar surface area (TPSA) is 29.6 Å². The first-order chi connectivity index (χ1) is 10.4. The van der Waals surface area contributed by atoms with Crippen LogP contribution in [0.1, 0.15) is 21.5 Å². The molecule has 0 N–H and O–H groups in total. The molecule has 2 unspecified atom stereocenters. The van der Waals surface area contributed by atoms with Gasteiger partial charge in [-0.1, -0.05) is 54.1 Å². The van der Waals surface area contributed by atoms with E-state index in [1.807, 2.05) is 0 Å². The first-order valence-electron chi connectivity index (χ1n) is 6.77. The van der Waals surface area contributed by atoms with Crippen LogP contribution in [0.3, 0.4) is 0 Å². The number of carbonyl (C=O) groups excluding carboxylic acids is 1. The van der Waals surface area contributed by atoms with Gasteiger partial charge in [-0.25, -0.2) is 0 Å². The molecule has 2 aromatic rings. The Hall–Kier alpha value is -2.14. The zero-order chi connectivity index (χ0) is 16.0. The molecular formula is C17H13F3O2. The molecule has 1 saturated heterocycles. The number of carbonyl (C=O) groups is 1. The van der Waals surface area contributed by atoms with Crippen molar-refractivity contribution in [3.8, 4) is 0 Å². The molecule has 1 heterocycles. The highest BCUT2D eigenvalue weighted by Crippen LogP contribution is 2.58. The molecular weight excluding hydrogens is 293 g/mol. The van der Waals surface area contributed by atoms with E-state index in [0.29, 0.717) is 0 Å². The summed E-state index contributed by atoms with van der Waals surface area (Å²) >= 11 is 0. The minimum Gasteiger partial charge on any atom is -0.343 e. The van der Waals surface area contributed by atoms with Crippen molar-refractivity contribution in [2.24, 2.45) is 0 Å². The number of alkyl halides is 3. The fourth-order valence-corrected chi connectivity index (χ4v) is 2.62. The maximum Gasteiger partial charge on any atom is 0.424 e. The molecule has 5 heteroatoms. The molecule has 0 amide bonds. The van der Waals surface area contributed by atoms with Crippen LogP contribution in [0.15, 0.2) is 54.6 Å². The fraction of sp³-hybridized carbons (Fsp3) is 0.235. The van der Waals surface area contributed by atoms with E-state index in [-0.39, 0.29) is 11.1 Å². The van der Waals surface area contributed by atoms with Crippen molar-refractivity contribution in [2.45, 2.75) is 24.8 Å². The highest BCUT2D eigenvalue weighted by atomic mass is 19.4. The van der Waals surface area contributed by atoms with Gasteiger partial charge in [0, 0.05) is 5.56 Å². The summed E-state index contributed by atoms with van der Waals surface area (Å²) in [6.45, 7) is 1.78. The van der Waals surface area contributed by atoms with Crippen molar-refractivity contribution in [1.29, 1.82) is 0 Å². The van der Waals surface area contributed by atoms with Gasteiger partial charge >= 0.3 is 6.18 Å². The molecule has 3 rings (SSSR count). The first-order valence-corrected chi connectivity index (χ1v) is 6.77. The quantitative estimate of drug-likeness (QED) is 0.633. The number of aryl methyl sites for hydroxylation is 1. The summed E-state index contributed by atoms with van der Waals surface area (Å²) in [5.41, 5.74) is -1.54. The van der Waals surface area contributed by atoms with Gasteiger partial charge in [0.2, 0.25) is 5.60 Å². The number of Topliss-reactive ketones (excluding diaryl/α,β-unsaturated/α-hetero) is 1. The standard InChI is InChI=1S/C17H13F3O2/c1-11-6-5-7-12(10-11)14(21)15-16(22-15,17(18,19)20)13-8-3-2-4-9-13/h2-10,15H,1H3.